The molecule has 0 fully saturated rings. The molecule has 0 spiro atoms. The van der Waals surface area contributed by atoms with Crippen molar-refractivity contribution in [2.45, 2.75) is 39.7 Å². The van der Waals surface area contributed by atoms with Gasteiger partial charge in [-0.2, -0.15) is 0 Å². The number of nitrogens with zero attached hydrogens (tertiary/aromatic N) is 1. The molecular weight excluding hydrogens is 318 g/mol. The van der Waals surface area contributed by atoms with Gasteiger partial charge in [-0.25, -0.2) is 0 Å². The molecule has 1 rings (SSSR count). The van der Waals surface area contributed by atoms with Crippen LogP contribution in [-0.4, -0.2) is 52.5 Å². The molecule has 0 aliphatic heterocycles. The standard InChI is InChI=1S/C19H33N3O3/c1-6-20-19(21-11-7-13-25-15(2)3)22-12-10-16-8-9-17(23-4)18(14-16)24-5/h8-9,14-15H,6-7,10-13H2,1-5H3,(H2,20,21,22). The Morgan fingerprint density at radius 3 is 2.52 bits per heavy atom. The van der Waals surface area contributed by atoms with Crippen molar-refractivity contribution in [1.82, 2.24) is 10.6 Å². The van der Waals surface area contributed by atoms with Gasteiger partial charge in [0, 0.05) is 26.2 Å². The van der Waals surface area contributed by atoms with E-state index in [1.54, 1.807) is 14.2 Å². The van der Waals surface area contributed by atoms with E-state index in [1.807, 2.05) is 26.0 Å². The summed E-state index contributed by atoms with van der Waals surface area (Å²) in [6.45, 7) is 9.28. The lowest BCUT2D eigenvalue weighted by Crippen LogP contribution is -2.38. The maximum Gasteiger partial charge on any atom is 0.191 e. The monoisotopic (exact) mass is 351 g/mol. The van der Waals surface area contributed by atoms with E-state index in [2.05, 4.69) is 28.6 Å². The summed E-state index contributed by atoms with van der Waals surface area (Å²) >= 11 is 0. The summed E-state index contributed by atoms with van der Waals surface area (Å²) in [4.78, 5) is 4.57. The fourth-order valence-corrected chi connectivity index (χ4v) is 2.28. The van der Waals surface area contributed by atoms with Crippen molar-refractivity contribution in [3.63, 3.8) is 0 Å². The zero-order valence-corrected chi connectivity index (χ0v) is 16.2. The minimum absolute atomic E-state index is 0.275. The predicted octanol–water partition coefficient (Wildman–Crippen LogP) is 2.62. The molecule has 0 aromatic heterocycles. The highest BCUT2D eigenvalue weighted by molar-refractivity contribution is 5.79. The summed E-state index contributed by atoms with van der Waals surface area (Å²) in [6, 6.07) is 5.99. The number of methoxy groups -OCH3 is 2. The molecule has 0 aliphatic rings. The Hall–Kier alpha value is -1.95. The molecule has 0 amide bonds. The van der Waals surface area contributed by atoms with Crippen LogP contribution in [0.2, 0.25) is 0 Å². The van der Waals surface area contributed by atoms with Crippen molar-refractivity contribution in [1.29, 1.82) is 0 Å². The van der Waals surface area contributed by atoms with Crippen LogP contribution in [0.3, 0.4) is 0 Å². The second kappa shape index (κ2) is 12.4. The molecule has 0 atom stereocenters. The maximum absolute atomic E-state index is 5.53. The van der Waals surface area contributed by atoms with E-state index < -0.39 is 0 Å². The second-order valence-electron chi connectivity index (χ2n) is 5.90. The van der Waals surface area contributed by atoms with E-state index in [-0.39, 0.29) is 6.10 Å². The number of hydrogen-bond acceptors (Lipinski definition) is 4. The lowest BCUT2D eigenvalue weighted by atomic mass is 10.1. The summed E-state index contributed by atoms with van der Waals surface area (Å²) in [7, 11) is 3.29. The third kappa shape index (κ3) is 8.63. The molecule has 0 bridgehead atoms. The molecule has 6 nitrogen and oxygen atoms in total. The van der Waals surface area contributed by atoms with Crippen LogP contribution in [0.25, 0.3) is 0 Å². The van der Waals surface area contributed by atoms with Crippen molar-refractivity contribution >= 4 is 5.96 Å². The lowest BCUT2D eigenvalue weighted by molar-refractivity contribution is 0.0782. The Morgan fingerprint density at radius 1 is 1.12 bits per heavy atom. The Balaban J connectivity index is 2.44. The highest BCUT2D eigenvalue weighted by atomic mass is 16.5. The van der Waals surface area contributed by atoms with Crippen LogP contribution in [0.15, 0.2) is 23.2 Å². The smallest absolute Gasteiger partial charge is 0.191 e. The Bertz CT molecular complexity index is 519. The fraction of sp³-hybridized carbons (Fsp3) is 0.632. The molecule has 0 radical (unpaired) electrons. The SMILES string of the molecule is CCNC(=NCCCOC(C)C)NCCc1ccc(OC)c(OC)c1. The average molecular weight is 351 g/mol. The van der Waals surface area contributed by atoms with Crippen molar-refractivity contribution in [2.75, 3.05) is 40.5 Å². The lowest BCUT2D eigenvalue weighted by Gasteiger charge is -2.13. The number of rotatable bonds is 11. The summed E-state index contributed by atoms with van der Waals surface area (Å²) in [6.07, 6.45) is 2.07. The van der Waals surface area contributed by atoms with E-state index in [0.717, 1.165) is 56.5 Å². The van der Waals surface area contributed by atoms with Crippen LogP contribution < -0.4 is 20.1 Å². The number of nitrogens with one attached hydrogen (secondary N) is 2. The van der Waals surface area contributed by atoms with Crippen LogP contribution in [0.4, 0.5) is 0 Å². The van der Waals surface area contributed by atoms with Gasteiger partial charge in [-0.3, -0.25) is 4.99 Å². The molecule has 0 saturated heterocycles. The van der Waals surface area contributed by atoms with Gasteiger partial charge in [-0.1, -0.05) is 6.07 Å². The van der Waals surface area contributed by atoms with Gasteiger partial charge in [0.25, 0.3) is 0 Å². The van der Waals surface area contributed by atoms with E-state index in [4.69, 9.17) is 14.2 Å². The Labute approximate surface area is 152 Å². The van der Waals surface area contributed by atoms with Crippen molar-refractivity contribution in [2.24, 2.45) is 4.99 Å². The number of guanidine groups is 1. The third-order valence-corrected chi connectivity index (χ3v) is 3.52. The summed E-state index contributed by atoms with van der Waals surface area (Å²) in [5.74, 6) is 2.34. The normalized spacial score (nSPS) is 11.5. The van der Waals surface area contributed by atoms with Gasteiger partial charge in [-0.05, 0) is 51.3 Å². The van der Waals surface area contributed by atoms with Gasteiger partial charge in [0.2, 0.25) is 0 Å². The van der Waals surface area contributed by atoms with Crippen molar-refractivity contribution < 1.29 is 14.2 Å². The van der Waals surface area contributed by atoms with Gasteiger partial charge >= 0.3 is 0 Å². The van der Waals surface area contributed by atoms with Crippen molar-refractivity contribution in [3.8, 4) is 11.5 Å². The molecule has 2 N–H and O–H groups in total. The first-order valence-corrected chi connectivity index (χ1v) is 8.95. The van der Waals surface area contributed by atoms with E-state index in [0.29, 0.717) is 0 Å². The zero-order valence-electron chi connectivity index (χ0n) is 16.2. The summed E-state index contributed by atoms with van der Waals surface area (Å²) in [5, 5.41) is 6.62. The largest absolute Gasteiger partial charge is 0.493 e. The molecule has 142 valence electrons. The number of benzene rings is 1. The highest BCUT2D eigenvalue weighted by Gasteiger charge is 2.05. The molecule has 0 aliphatic carbocycles. The van der Waals surface area contributed by atoms with Gasteiger partial charge < -0.3 is 24.8 Å². The molecule has 6 heteroatoms. The van der Waals surface area contributed by atoms with Gasteiger partial charge in [0.15, 0.2) is 17.5 Å². The molecule has 0 heterocycles. The van der Waals surface area contributed by atoms with E-state index in [1.165, 1.54) is 5.56 Å². The van der Waals surface area contributed by atoms with E-state index in [9.17, 15) is 0 Å². The fourth-order valence-electron chi connectivity index (χ4n) is 2.28. The number of hydrogen-bond donors (Lipinski definition) is 2. The van der Waals surface area contributed by atoms with Gasteiger partial charge in [0.1, 0.15) is 0 Å². The van der Waals surface area contributed by atoms with Gasteiger partial charge in [-0.15, -0.1) is 0 Å². The number of aliphatic imine (C=N–C) groups is 1. The topological polar surface area (TPSA) is 64.1 Å². The summed E-state index contributed by atoms with van der Waals surface area (Å²) in [5.41, 5.74) is 1.19. The zero-order chi connectivity index (χ0) is 18.5. The van der Waals surface area contributed by atoms with Crippen LogP contribution >= 0.6 is 0 Å². The second-order valence-corrected chi connectivity index (χ2v) is 5.90. The van der Waals surface area contributed by atoms with Crippen LogP contribution in [0, 0.1) is 0 Å². The quantitative estimate of drug-likeness (QED) is 0.364. The Kier molecular flexibility index (Phi) is 10.5. The first kappa shape index (κ1) is 21.1. The van der Waals surface area contributed by atoms with Crippen LogP contribution in [0.5, 0.6) is 11.5 Å². The van der Waals surface area contributed by atoms with E-state index >= 15 is 0 Å². The minimum Gasteiger partial charge on any atom is -0.493 e. The molecule has 25 heavy (non-hydrogen) atoms. The highest BCUT2D eigenvalue weighted by Crippen LogP contribution is 2.27. The first-order valence-electron chi connectivity index (χ1n) is 8.95. The number of ether oxygens (including phenoxy) is 3. The Morgan fingerprint density at radius 2 is 1.88 bits per heavy atom. The van der Waals surface area contributed by atoms with Crippen LogP contribution in [0.1, 0.15) is 32.8 Å². The predicted molar refractivity (Wildman–Crippen MR) is 103 cm³/mol. The average Bonchev–Trinajstić information content (AvgIpc) is 2.60. The minimum atomic E-state index is 0.275. The van der Waals surface area contributed by atoms with Gasteiger partial charge in [0.05, 0.1) is 20.3 Å². The van der Waals surface area contributed by atoms with Crippen molar-refractivity contribution in [3.05, 3.63) is 23.8 Å². The molecule has 1 aromatic rings. The third-order valence-electron chi connectivity index (χ3n) is 3.52. The van der Waals surface area contributed by atoms with Crippen LogP contribution in [-0.2, 0) is 11.2 Å². The summed E-state index contributed by atoms with van der Waals surface area (Å²) < 4.78 is 16.1. The molecular formula is C19H33N3O3. The first-order chi connectivity index (χ1) is 12.1. The maximum atomic E-state index is 5.53. The molecule has 1 aromatic carbocycles. The molecule has 0 saturated carbocycles. The molecule has 0 unspecified atom stereocenters.